The van der Waals surface area contributed by atoms with Crippen LogP contribution in [0.4, 0.5) is 10.1 Å². The van der Waals surface area contributed by atoms with Gasteiger partial charge in [0.1, 0.15) is 17.7 Å². The number of Topliss-reactive ketones (excluding diaryl/α,β-unsaturated/α-hetero) is 1. The Morgan fingerprint density at radius 2 is 2.10 bits per heavy atom. The predicted octanol–water partition coefficient (Wildman–Crippen LogP) is 3.24. The van der Waals surface area contributed by atoms with Gasteiger partial charge in [-0.15, -0.1) is 0 Å². The Morgan fingerprint density at radius 3 is 2.87 bits per heavy atom. The number of hydrogen-bond donors (Lipinski definition) is 2. The van der Waals surface area contributed by atoms with Crippen LogP contribution in [-0.2, 0) is 10.0 Å². The van der Waals surface area contributed by atoms with E-state index in [1.165, 1.54) is 37.5 Å². The first-order chi connectivity index (χ1) is 14.3. The lowest BCUT2D eigenvalue weighted by molar-refractivity contribution is 0.102. The number of pyridine rings is 1. The van der Waals surface area contributed by atoms with Crippen molar-refractivity contribution < 1.29 is 17.6 Å². The van der Waals surface area contributed by atoms with Crippen molar-refractivity contribution >= 4 is 39.3 Å². The summed E-state index contributed by atoms with van der Waals surface area (Å²) in [6.07, 6.45) is 7.57. The summed E-state index contributed by atoms with van der Waals surface area (Å²) in [5, 5.41) is 3.17. The van der Waals surface area contributed by atoms with Crippen LogP contribution in [0.3, 0.4) is 0 Å². The number of dihydropyridines is 1. The van der Waals surface area contributed by atoms with Gasteiger partial charge in [0.25, 0.3) is 10.0 Å². The first-order valence-electron chi connectivity index (χ1n) is 8.91. The fourth-order valence-corrected chi connectivity index (χ4v) is 4.44. The second-order valence-corrected chi connectivity index (χ2v) is 8.93. The fraction of sp³-hybridized carbons (Fsp3) is 0.150. The molecule has 0 spiro atoms. The van der Waals surface area contributed by atoms with Crippen molar-refractivity contribution in [3.8, 4) is 0 Å². The Bertz CT molecular complexity index is 1240. The van der Waals surface area contributed by atoms with Crippen molar-refractivity contribution in [3.05, 3.63) is 76.5 Å². The van der Waals surface area contributed by atoms with Gasteiger partial charge in [0.2, 0.25) is 5.78 Å². The van der Waals surface area contributed by atoms with Crippen LogP contribution in [0.1, 0.15) is 16.1 Å². The molecule has 3 heterocycles. The first-order valence-corrected chi connectivity index (χ1v) is 10.8. The maximum absolute atomic E-state index is 13.9. The van der Waals surface area contributed by atoms with Crippen molar-refractivity contribution in [2.45, 2.75) is 18.0 Å². The zero-order chi connectivity index (χ0) is 21.5. The van der Waals surface area contributed by atoms with Gasteiger partial charge in [0.05, 0.1) is 15.6 Å². The highest BCUT2D eigenvalue weighted by Gasteiger charge is 2.33. The number of aryl methyl sites for hydroxylation is 1. The van der Waals surface area contributed by atoms with Gasteiger partial charge in [-0.05, 0) is 43.0 Å². The van der Waals surface area contributed by atoms with E-state index in [-0.39, 0.29) is 33.4 Å². The second kappa shape index (κ2) is 7.66. The van der Waals surface area contributed by atoms with Gasteiger partial charge in [-0.3, -0.25) is 14.5 Å². The lowest BCUT2D eigenvalue weighted by Gasteiger charge is -2.21. The van der Waals surface area contributed by atoms with Crippen LogP contribution in [0, 0.1) is 18.7 Å². The Labute approximate surface area is 177 Å². The van der Waals surface area contributed by atoms with E-state index in [1.54, 1.807) is 18.4 Å². The molecule has 7 nitrogen and oxygen atoms in total. The van der Waals surface area contributed by atoms with Gasteiger partial charge < -0.3 is 5.32 Å². The van der Waals surface area contributed by atoms with E-state index in [0.717, 1.165) is 6.07 Å². The summed E-state index contributed by atoms with van der Waals surface area (Å²) in [6.45, 7) is 1.53. The molecule has 0 fully saturated rings. The predicted molar refractivity (Wildman–Crippen MR) is 112 cm³/mol. The number of aromatic nitrogens is 1. The third-order valence-electron chi connectivity index (χ3n) is 4.80. The molecule has 0 aliphatic carbocycles. The van der Waals surface area contributed by atoms with Gasteiger partial charge >= 0.3 is 0 Å². The summed E-state index contributed by atoms with van der Waals surface area (Å²) < 4.78 is 41.8. The monoisotopic (exact) mass is 446 g/mol. The molecule has 0 saturated heterocycles. The average Bonchev–Trinajstić information content (AvgIpc) is 3.18. The molecule has 30 heavy (non-hydrogen) atoms. The van der Waals surface area contributed by atoms with E-state index in [9.17, 15) is 17.6 Å². The number of halogens is 2. The van der Waals surface area contributed by atoms with Crippen LogP contribution in [0.15, 0.2) is 64.3 Å². The van der Waals surface area contributed by atoms with Crippen molar-refractivity contribution in [2.24, 2.45) is 10.9 Å². The Balaban J connectivity index is 1.71. The number of anilines is 1. The number of carbonyl (C=O) groups excluding carboxylic acids is 1. The average molecular weight is 447 g/mol. The summed E-state index contributed by atoms with van der Waals surface area (Å²) in [4.78, 5) is 21.2. The molecule has 0 saturated carbocycles. The molecule has 1 aromatic carbocycles. The van der Waals surface area contributed by atoms with Crippen molar-refractivity contribution in [2.75, 3.05) is 4.72 Å². The van der Waals surface area contributed by atoms with Crippen molar-refractivity contribution in [1.29, 1.82) is 0 Å². The van der Waals surface area contributed by atoms with Crippen LogP contribution in [-0.4, -0.2) is 31.6 Å². The minimum absolute atomic E-state index is 0.0941. The third kappa shape index (κ3) is 3.73. The van der Waals surface area contributed by atoms with Crippen LogP contribution < -0.4 is 10.0 Å². The van der Waals surface area contributed by atoms with Crippen LogP contribution in [0.5, 0.6) is 0 Å². The highest BCUT2D eigenvalue weighted by Crippen LogP contribution is 2.31. The lowest BCUT2D eigenvalue weighted by Crippen LogP contribution is -2.31. The number of carbonyl (C=O) groups is 1. The summed E-state index contributed by atoms with van der Waals surface area (Å²) in [5.74, 6) is -1.42. The summed E-state index contributed by atoms with van der Waals surface area (Å²) in [7, 11) is -4.19. The smallest absolute Gasteiger partial charge is 0.262 e. The standard InChI is InChI=1S/C20H16ClFN4O3S/c1-11-2-3-13(9-16(11)22)30(28,29)26-17-8-12(21)10-25-18(17)19(27)14-4-6-23-20-15(14)5-7-24-20/h2-10,15,20,24,26H,1H3. The Hall–Kier alpha value is -3.04. The molecule has 0 radical (unpaired) electrons. The molecular formula is C20H16ClFN4O3S. The quantitative estimate of drug-likeness (QED) is 0.687. The molecule has 2 unspecified atom stereocenters. The molecule has 2 aliphatic rings. The number of ketones is 1. The number of hydrogen-bond acceptors (Lipinski definition) is 6. The number of nitrogens with zero attached hydrogens (tertiary/aromatic N) is 2. The van der Waals surface area contributed by atoms with E-state index in [4.69, 9.17) is 11.6 Å². The maximum Gasteiger partial charge on any atom is 0.262 e. The molecule has 2 N–H and O–H groups in total. The second-order valence-electron chi connectivity index (χ2n) is 6.81. The molecular weight excluding hydrogens is 431 g/mol. The maximum atomic E-state index is 13.9. The van der Waals surface area contributed by atoms with Gasteiger partial charge in [-0.25, -0.2) is 17.8 Å². The van der Waals surface area contributed by atoms with Crippen LogP contribution in [0.2, 0.25) is 5.02 Å². The molecule has 0 amide bonds. The van der Waals surface area contributed by atoms with Crippen LogP contribution >= 0.6 is 11.6 Å². The van der Waals surface area contributed by atoms with E-state index >= 15 is 0 Å². The minimum Gasteiger partial charge on any atom is -0.369 e. The van der Waals surface area contributed by atoms with E-state index in [1.807, 2.05) is 0 Å². The van der Waals surface area contributed by atoms with E-state index in [0.29, 0.717) is 11.1 Å². The number of aliphatic imine (C=N–C) groups is 1. The Morgan fingerprint density at radius 1 is 1.30 bits per heavy atom. The lowest BCUT2D eigenvalue weighted by atomic mass is 9.90. The molecule has 2 aliphatic heterocycles. The van der Waals surface area contributed by atoms with Crippen molar-refractivity contribution in [1.82, 2.24) is 10.3 Å². The number of fused-ring (bicyclic) bond motifs is 1. The highest BCUT2D eigenvalue weighted by molar-refractivity contribution is 7.92. The zero-order valence-electron chi connectivity index (χ0n) is 15.6. The topological polar surface area (TPSA) is 101 Å². The fourth-order valence-electron chi connectivity index (χ4n) is 3.21. The van der Waals surface area contributed by atoms with Crippen LogP contribution in [0.25, 0.3) is 0 Å². The molecule has 154 valence electrons. The number of benzene rings is 1. The molecule has 10 heteroatoms. The van der Waals surface area contributed by atoms with Gasteiger partial charge in [0, 0.05) is 23.9 Å². The third-order valence-corrected chi connectivity index (χ3v) is 6.37. The normalized spacial score (nSPS) is 19.8. The van der Waals surface area contributed by atoms with Gasteiger partial charge in [-0.2, -0.15) is 0 Å². The van der Waals surface area contributed by atoms with Gasteiger partial charge in [-0.1, -0.05) is 23.7 Å². The first kappa shape index (κ1) is 20.2. The van der Waals surface area contributed by atoms with Gasteiger partial charge in [0.15, 0.2) is 0 Å². The highest BCUT2D eigenvalue weighted by atomic mass is 35.5. The number of nitrogens with one attached hydrogen (secondary N) is 2. The molecule has 1 aromatic heterocycles. The number of sulfonamides is 1. The zero-order valence-corrected chi connectivity index (χ0v) is 17.2. The molecule has 4 rings (SSSR count). The van der Waals surface area contributed by atoms with E-state index < -0.39 is 21.6 Å². The largest absolute Gasteiger partial charge is 0.369 e. The van der Waals surface area contributed by atoms with Crippen molar-refractivity contribution in [3.63, 3.8) is 0 Å². The summed E-state index contributed by atoms with van der Waals surface area (Å²) in [6, 6.07) is 4.84. The van der Waals surface area contributed by atoms with E-state index in [2.05, 4.69) is 20.0 Å². The Kier molecular flexibility index (Phi) is 5.17. The molecule has 2 atom stereocenters. The molecule has 2 aromatic rings. The summed E-state index contributed by atoms with van der Waals surface area (Å²) in [5.41, 5.74) is 0.514. The number of rotatable bonds is 5. The SMILES string of the molecule is Cc1ccc(S(=O)(=O)Nc2cc(Cl)cnc2C(=O)C2=CC=NC3NC=CC23)cc1F. The summed E-state index contributed by atoms with van der Waals surface area (Å²) >= 11 is 5.99. The number of allylic oxidation sites excluding steroid dienone is 1. The molecule has 0 bridgehead atoms. The minimum atomic E-state index is -4.19.